The molecule has 0 amide bonds. The van der Waals surface area contributed by atoms with Gasteiger partial charge in [-0.15, -0.1) is 11.8 Å². The molecule has 0 saturated heterocycles. The first-order chi connectivity index (χ1) is 10.7. The molecule has 0 spiro atoms. The van der Waals surface area contributed by atoms with Gasteiger partial charge in [0.2, 0.25) is 0 Å². The highest BCUT2D eigenvalue weighted by molar-refractivity contribution is 7.98. The van der Waals surface area contributed by atoms with Crippen LogP contribution in [0.3, 0.4) is 0 Å². The van der Waals surface area contributed by atoms with Crippen molar-refractivity contribution in [2.45, 2.75) is 11.4 Å². The molecular formula is C16H27N3O2S. The molecule has 1 aromatic carbocycles. The molecule has 22 heavy (non-hydrogen) atoms. The maximum atomic E-state index is 5.43. The van der Waals surface area contributed by atoms with Gasteiger partial charge in [0.15, 0.2) is 5.96 Å². The van der Waals surface area contributed by atoms with Gasteiger partial charge in [-0.2, -0.15) is 0 Å². The van der Waals surface area contributed by atoms with Crippen molar-refractivity contribution in [2.75, 3.05) is 53.8 Å². The molecule has 124 valence electrons. The van der Waals surface area contributed by atoms with E-state index in [2.05, 4.69) is 45.7 Å². The molecule has 1 rings (SSSR count). The van der Waals surface area contributed by atoms with E-state index in [0.29, 0.717) is 19.8 Å². The van der Waals surface area contributed by atoms with Crippen molar-refractivity contribution in [3.8, 4) is 0 Å². The van der Waals surface area contributed by atoms with Gasteiger partial charge in [-0.1, -0.05) is 12.1 Å². The summed E-state index contributed by atoms with van der Waals surface area (Å²) >= 11 is 1.75. The summed E-state index contributed by atoms with van der Waals surface area (Å²) in [6.07, 6.45) is 2.08. The van der Waals surface area contributed by atoms with Crippen LogP contribution >= 0.6 is 11.8 Å². The lowest BCUT2D eigenvalue weighted by Gasteiger charge is -2.22. The van der Waals surface area contributed by atoms with E-state index >= 15 is 0 Å². The largest absolute Gasteiger partial charge is 0.382 e. The second kappa shape index (κ2) is 11.3. The number of hydrogen-bond donors (Lipinski definition) is 1. The van der Waals surface area contributed by atoms with E-state index in [1.54, 1.807) is 25.9 Å². The van der Waals surface area contributed by atoms with E-state index in [9.17, 15) is 0 Å². The number of guanidine groups is 1. The number of thioether (sulfide) groups is 1. The summed E-state index contributed by atoms with van der Waals surface area (Å²) in [4.78, 5) is 7.68. The summed E-state index contributed by atoms with van der Waals surface area (Å²) < 4.78 is 10.4. The lowest BCUT2D eigenvalue weighted by atomic mass is 10.2. The third-order valence-electron chi connectivity index (χ3n) is 3.11. The first-order valence-corrected chi connectivity index (χ1v) is 8.55. The van der Waals surface area contributed by atoms with Crippen molar-refractivity contribution in [1.29, 1.82) is 0 Å². The molecule has 0 bridgehead atoms. The van der Waals surface area contributed by atoms with Gasteiger partial charge in [-0.05, 0) is 24.0 Å². The Kier molecular flexibility index (Phi) is 9.70. The normalized spacial score (nSPS) is 11.5. The average molecular weight is 325 g/mol. The van der Waals surface area contributed by atoms with Crippen molar-refractivity contribution in [1.82, 2.24) is 10.2 Å². The molecular weight excluding hydrogens is 298 g/mol. The number of nitrogens with one attached hydrogen (secondary N) is 1. The van der Waals surface area contributed by atoms with Gasteiger partial charge in [0.05, 0.1) is 19.8 Å². The lowest BCUT2D eigenvalue weighted by Crippen LogP contribution is -2.40. The fourth-order valence-electron chi connectivity index (χ4n) is 1.94. The summed E-state index contributed by atoms with van der Waals surface area (Å²) in [6.45, 7) is 3.43. The predicted octanol–water partition coefficient (Wildman–Crippen LogP) is 2.08. The zero-order chi connectivity index (χ0) is 16.2. The lowest BCUT2D eigenvalue weighted by molar-refractivity contribution is 0.0731. The number of hydrogen-bond acceptors (Lipinski definition) is 4. The Labute approximate surface area is 138 Å². The molecule has 0 atom stereocenters. The molecule has 0 aliphatic heterocycles. The number of benzene rings is 1. The number of methoxy groups -OCH3 is 1. The second-order valence-electron chi connectivity index (χ2n) is 4.78. The highest BCUT2D eigenvalue weighted by atomic mass is 32.2. The van der Waals surface area contributed by atoms with Gasteiger partial charge in [-0.3, -0.25) is 4.99 Å². The van der Waals surface area contributed by atoms with Crippen molar-refractivity contribution < 1.29 is 9.47 Å². The van der Waals surface area contributed by atoms with Crippen LogP contribution in [0.15, 0.2) is 34.2 Å². The van der Waals surface area contributed by atoms with Crippen LogP contribution in [0.2, 0.25) is 0 Å². The van der Waals surface area contributed by atoms with E-state index in [1.807, 2.05) is 7.05 Å². The number of ether oxygens (including phenoxy) is 2. The maximum absolute atomic E-state index is 5.43. The van der Waals surface area contributed by atoms with Gasteiger partial charge in [0.1, 0.15) is 0 Å². The molecule has 1 aromatic rings. The quantitative estimate of drug-likeness (QED) is 0.326. The Morgan fingerprint density at radius 1 is 1.23 bits per heavy atom. The number of aliphatic imine (C=N–C) groups is 1. The van der Waals surface area contributed by atoms with Gasteiger partial charge in [0, 0.05) is 39.2 Å². The molecule has 0 aliphatic rings. The van der Waals surface area contributed by atoms with E-state index in [0.717, 1.165) is 19.0 Å². The zero-order valence-electron chi connectivity index (χ0n) is 14.0. The Bertz CT molecular complexity index is 438. The van der Waals surface area contributed by atoms with Crippen molar-refractivity contribution in [3.63, 3.8) is 0 Å². The van der Waals surface area contributed by atoms with Gasteiger partial charge in [0.25, 0.3) is 0 Å². The minimum Gasteiger partial charge on any atom is -0.382 e. The minimum absolute atomic E-state index is 0.619. The van der Waals surface area contributed by atoms with Crippen molar-refractivity contribution in [3.05, 3.63) is 29.8 Å². The number of rotatable bonds is 9. The fraction of sp³-hybridized carbons (Fsp3) is 0.562. The first-order valence-electron chi connectivity index (χ1n) is 7.32. The molecule has 0 unspecified atom stereocenters. The molecule has 0 radical (unpaired) electrons. The van der Waals surface area contributed by atoms with Crippen LogP contribution in [0, 0.1) is 0 Å². The molecule has 6 heteroatoms. The molecule has 0 fully saturated rings. The highest BCUT2D eigenvalue weighted by Gasteiger charge is 2.06. The summed E-state index contributed by atoms with van der Waals surface area (Å²) in [5.41, 5.74) is 1.26. The van der Waals surface area contributed by atoms with E-state index in [1.165, 1.54) is 10.5 Å². The van der Waals surface area contributed by atoms with Crippen LogP contribution in [0.1, 0.15) is 5.56 Å². The van der Waals surface area contributed by atoms with E-state index < -0.39 is 0 Å². The maximum Gasteiger partial charge on any atom is 0.193 e. The Morgan fingerprint density at radius 3 is 2.55 bits per heavy atom. The Hall–Kier alpha value is -1.24. The van der Waals surface area contributed by atoms with Crippen LogP contribution in [0.25, 0.3) is 0 Å². The third-order valence-corrected chi connectivity index (χ3v) is 3.86. The second-order valence-corrected chi connectivity index (χ2v) is 5.66. The van der Waals surface area contributed by atoms with Gasteiger partial charge >= 0.3 is 0 Å². The standard InChI is InChI=1S/C16H27N3O2S/c1-17-16(18-9-10-21-12-11-20-3)19(2)13-14-5-7-15(22-4)8-6-14/h5-8H,9-13H2,1-4H3,(H,17,18). The first kappa shape index (κ1) is 18.8. The summed E-state index contributed by atoms with van der Waals surface area (Å²) in [5.74, 6) is 0.865. The number of nitrogens with zero attached hydrogens (tertiary/aromatic N) is 2. The Balaban J connectivity index is 2.35. The molecule has 0 saturated carbocycles. The van der Waals surface area contributed by atoms with Crippen molar-refractivity contribution >= 4 is 17.7 Å². The minimum atomic E-state index is 0.619. The summed E-state index contributed by atoms with van der Waals surface area (Å²) in [6, 6.07) is 8.61. The van der Waals surface area contributed by atoms with Crippen LogP contribution in [0.5, 0.6) is 0 Å². The predicted molar refractivity (Wildman–Crippen MR) is 93.7 cm³/mol. The highest BCUT2D eigenvalue weighted by Crippen LogP contribution is 2.15. The fourth-order valence-corrected chi connectivity index (χ4v) is 2.35. The summed E-state index contributed by atoms with van der Waals surface area (Å²) in [7, 11) is 5.50. The van der Waals surface area contributed by atoms with Crippen molar-refractivity contribution in [2.24, 2.45) is 4.99 Å². The van der Waals surface area contributed by atoms with Crippen LogP contribution in [-0.2, 0) is 16.0 Å². The van der Waals surface area contributed by atoms with Gasteiger partial charge in [-0.25, -0.2) is 0 Å². The smallest absolute Gasteiger partial charge is 0.193 e. The van der Waals surface area contributed by atoms with Crippen LogP contribution in [0.4, 0.5) is 0 Å². The molecule has 0 heterocycles. The zero-order valence-corrected chi connectivity index (χ0v) is 14.8. The Morgan fingerprint density at radius 2 is 1.95 bits per heavy atom. The van der Waals surface area contributed by atoms with Crippen LogP contribution in [-0.4, -0.2) is 64.7 Å². The van der Waals surface area contributed by atoms with Crippen LogP contribution < -0.4 is 5.32 Å². The van der Waals surface area contributed by atoms with E-state index in [4.69, 9.17) is 9.47 Å². The third kappa shape index (κ3) is 7.15. The summed E-state index contributed by atoms with van der Waals surface area (Å²) in [5, 5.41) is 3.29. The molecule has 0 aromatic heterocycles. The van der Waals surface area contributed by atoms with Gasteiger partial charge < -0.3 is 19.7 Å². The van der Waals surface area contributed by atoms with E-state index in [-0.39, 0.29) is 0 Å². The topological polar surface area (TPSA) is 46.1 Å². The average Bonchev–Trinajstić information content (AvgIpc) is 2.55. The molecule has 0 aliphatic carbocycles. The molecule has 1 N–H and O–H groups in total. The molecule has 5 nitrogen and oxygen atoms in total. The monoisotopic (exact) mass is 325 g/mol. The SMILES string of the molecule is CN=C(NCCOCCOC)N(C)Cc1ccc(SC)cc1.